The van der Waals surface area contributed by atoms with Crippen LogP contribution in [0.1, 0.15) is 6.42 Å². The van der Waals surface area contributed by atoms with Crippen LogP contribution in [0.15, 0.2) is 24.5 Å². The minimum atomic E-state index is -4.91. The van der Waals surface area contributed by atoms with E-state index in [-0.39, 0.29) is 6.54 Å². The molecule has 2 rings (SSSR count). The van der Waals surface area contributed by atoms with Gasteiger partial charge >= 0.3 is 18.2 Å². The summed E-state index contributed by atoms with van der Waals surface area (Å²) in [5, 5.41) is 11.3. The number of carbonyl (C=O) groups excluding carboxylic acids is 1. The smallest absolute Gasteiger partial charge is 0.406 e. The normalized spacial score (nSPS) is 22.1. The van der Waals surface area contributed by atoms with Crippen molar-refractivity contribution in [3.8, 4) is 0 Å². The zero-order chi connectivity index (χ0) is 15.7. The molecule has 1 aromatic rings. The van der Waals surface area contributed by atoms with Crippen molar-refractivity contribution < 1.29 is 27.9 Å². The molecule has 1 atom stereocenters. The van der Waals surface area contributed by atoms with Crippen LogP contribution < -0.4 is 5.32 Å². The van der Waals surface area contributed by atoms with Gasteiger partial charge in [0.2, 0.25) is 0 Å². The summed E-state index contributed by atoms with van der Waals surface area (Å²) < 4.78 is 38.9. The third-order valence-electron chi connectivity index (χ3n) is 3.42. The maximum atomic E-state index is 13.0. The SMILES string of the molecule is O=C(Nc1cccnc1)N1CCC(C(=O)O)(C(F)(F)F)C1. The van der Waals surface area contributed by atoms with Gasteiger partial charge in [-0.25, -0.2) is 4.79 Å². The third kappa shape index (κ3) is 2.76. The maximum absolute atomic E-state index is 13.0. The van der Waals surface area contributed by atoms with Gasteiger partial charge in [0.1, 0.15) is 0 Å². The average molecular weight is 303 g/mol. The van der Waals surface area contributed by atoms with Crippen molar-refractivity contribution in [2.24, 2.45) is 5.41 Å². The van der Waals surface area contributed by atoms with E-state index < -0.39 is 36.6 Å². The highest BCUT2D eigenvalue weighted by Gasteiger charge is 2.64. The largest absolute Gasteiger partial charge is 0.481 e. The van der Waals surface area contributed by atoms with E-state index in [9.17, 15) is 22.8 Å². The van der Waals surface area contributed by atoms with Crippen molar-refractivity contribution in [3.63, 3.8) is 0 Å². The molecule has 9 heteroatoms. The van der Waals surface area contributed by atoms with Gasteiger partial charge in [0.25, 0.3) is 0 Å². The first kappa shape index (κ1) is 15.1. The van der Waals surface area contributed by atoms with Gasteiger partial charge in [0.15, 0.2) is 5.41 Å². The van der Waals surface area contributed by atoms with Crippen molar-refractivity contribution in [2.45, 2.75) is 12.6 Å². The molecule has 1 fully saturated rings. The number of rotatable bonds is 2. The Morgan fingerprint density at radius 2 is 2.14 bits per heavy atom. The molecule has 1 unspecified atom stereocenters. The first-order valence-electron chi connectivity index (χ1n) is 6.02. The van der Waals surface area contributed by atoms with Crippen LogP contribution >= 0.6 is 0 Å². The predicted octanol–water partition coefficient (Wildman–Crippen LogP) is 1.95. The zero-order valence-electron chi connectivity index (χ0n) is 10.7. The number of carboxylic acids is 1. The Morgan fingerprint density at radius 1 is 1.43 bits per heavy atom. The van der Waals surface area contributed by atoms with E-state index in [0.29, 0.717) is 5.69 Å². The number of aliphatic carboxylic acids is 1. The van der Waals surface area contributed by atoms with Crippen molar-refractivity contribution in [3.05, 3.63) is 24.5 Å². The molecule has 1 aliphatic heterocycles. The third-order valence-corrected chi connectivity index (χ3v) is 3.42. The van der Waals surface area contributed by atoms with E-state index in [2.05, 4.69) is 10.3 Å². The van der Waals surface area contributed by atoms with Crippen LogP contribution in [0.3, 0.4) is 0 Å². The number of carbonyl (C=O) groups is 2. The minimum Gasteiger partial charge on any atom is -0.481 e. The van der Waals surface area contributed by atoms with E-state index in [1.165, 1.54) is 18.5 Å². The number of nitrogens with zero attached hydrogens (tertiary/aromatic N) is 2. The van der Waals surface area contributed by atoms with Gasteiger partial charge in [-0.05, 0) is 18.6 Å². The Morgan fingerprint density at radius 3 is 2.62 bits per heavy atom. The van der Waals surface area contributed by atoms with Crippen LogP contribution in [-0.2, 0) is 4.79 Å². The summed E-state index contributed by atoms with van der Waals surface area (Å²) in [5.41, 5.74) is -2.58. The molecule has 114 valence electrons. The number of halogens is 3. The summed E-state index contributed by atoms with van der Waals surface area (Å²) in [7, 11) is 0. The fraction of sp³-hybridized carbons (Fsp3) is 0.417. The molecule has 0 radical (unpaired) electrons. The fourth-order valence-corrected chi connectivity index (χ4v) is 2.15. The highest BCUT2D eigenvalue weighted by molar-refractivity contribution is 5.90. The van der Waals surface area contributed by atoms with Crippen LogP contribution in [-0.4, -0.2) is 46.3 Å². The molecule has 1 aliphatic rings. The number of anilines is 1. The van der Waals surface area contributed by atoms with Gasteiger partial charge < -0.3 is 15.3 Å². The number of hydrogen-bond acceptors (Lipinski definition) is 3. The first-order chi connectivity index (χ1) is 9.76. The van der Waals surface area contributed by atoms with Crippen molar-refractivity contribution in [2.75, 3.05) is 18.4 Å². The lowest BCUT2D eigenvalue weighted by Crippen LogP contribution is -2.48. The second-order valence-electron chi connectivity index (χ2n) is 4.73. The molecule has 6 nitrogen and oxygen atoms in total. The average Bonchev–Trinajstić information content (AvgIpc) is 2.86. The Hall–Kier alpha value is -2.32. The van der Waals surface area contributed by atoms with Gasteiger partial charge in [-0.15, -0.1) is 0 Å². The Balaban J connectivity index is 2.11. The van der Waals surface area contributed by atoms with Crippen LogP contribution in [0.2, 0.25) is 0 Å². The monoisotopic (exact) mass is 303 g/mol. The Bertz CT molecular complexity index is 550. The molecular weight excluding hydrogens is 291 g/mol. The number of carboxylic acid groups (broad SMARTS) is 1. The number of amides is 2. The summed E-state index contributed by atoms with van der Waals surface area (Å²) in [4.78, 5) is 27.5. The molecular formula is C12H12F3N3O3. The standard InChI is InChI=1S/C12H12F3N3O3/c13-12(14,15)11(9(19)20)3-5-18(7-11)10(21)17-8-2-1-4-16-6-8/h1-2,4,6H,3,5,7H2,(H,17,21)(H,19,20). The first-order valence-corrected chi connectivity index (χ1v) is 6.02. The molecule has 0 saturated carbocycles. The molecule has 2 amide bonds. The summed E-state index contributed by atoms with van der Waals surface area (Å²) >= 11 is 0. The lowest BCUT2D eigenvalue weighted by molar-refractivity contribution is -0.226. The van der Waals surface area contributed by atoms with Crippen LogP contribution in [0, 0.1) is 5.41 Å². The second kappa shape index (κ2) is 5.23. The van der Waals surface area contributed by atoms with Crippen LogP contribution in [0.4, 0.5) is 23.7 Å². The molecule has 0 aliphatic carbocycles. The van der Waals surface area contributed by atoms with E-state index in [1.54, 1.807) is 6.07 Å². The van der Waals surface area contributed by atoms with Gasteiger partial charge in [0, 0.05) is 19.3 Å². The zero-order valence-corrected chi connectivity index (χ0v) is 10.7. The number of nitrogens with one attached hydrogen (secondary N) is 1. The second-order valence-corrected chi connectivity index (χ2v) is 4.73. The van der Waals surface area contributed by atoms with Crippen molar-refractivity contribution in [1.82, 2.24) is 9.88 Å². The molecule has 0 aromatic carbocycles. The van der Waals surface area contributed by atoms with Crippen molar-refractivity contribution >= 4 is 17.7 Å². The molecule has 1 saturated heterocycles. The van der Waals surface area contributed by atoms with Gasteiger partial charge in [-0.3, -0.25) is 9.78 Å². The summed E-state index contributed by atoms with van der Waals surface area (Å²) in [6, 6.07) is 2.29. The van der Waals surface area contributed by atoms with Crippen LogP contribution in [0.25, 0.3) is 0 Å². The van der Waals surface area contributed by atoms with E-state index in [4.69, 9.17) is 5.11 Å². The van der Waals surface area contributed by atoms with Gasteiger partial charge in [-0.1, -0.05) is 0 Å². The molecule has 1 aromatic heterocycles. The summed E-state index contributed by atoms with van der Waals surface area (Å²) in [6.07, 6.45) is -2.76. The Kier molecular flexibility index (Phi) is 3.75. The number of pyridine rings is 1. The van der Waals surface area contributed by atoms with Gasteiger partial charge in [0.05, 0.1) is 11.9 Å². The molecule has 0 spiro atoms. The van der Waals surface area contributed by atoms with Crippen molar-refractivity contribution in [1.29, 1.82) is 0 Å². The predicted molar refractivity (Wildman–Crippen MR) is 65.6 cm³/mol. The lowest BCUT2D eigenvalue weighted by Gasteiger charge is -2.27. The quantitative estimate of drug-likeness (QED) is 0.875. The number of hydrogen-bond donors (Lipinski definition) is 2. The number of alkyl halides is 3. The van der Waals surface area contributed by atoms with E-state index >= 15 is 0 Å². The lowest BCUT2D eigenvalue weighted by atomic mass is 9.86. The fourth-order valence-electron chi connectivity index (χ4n) is 2.15. The molecule has 21 heavy (non-hydrogen) atoms. The maximum Gasteiger partial charge on any atom is 0.406 e. The highest BCUT2D eigenvalue weighted by Crippen LogP contribution is 2.45. The topological polar surface area (TPSA) is 82.5 Å². The summed E-state index contributed by atoms with van der Waals surface area (Å²) in [6.45, 7) is -1.18. The molecule has 0 bridgehead atoms. The minimum absolute atomic E-state index is 0.280. The van der Waals surface area contributed by atoms with Crippen LogP contribution in [0.5, 0.6) is 0 Å². The van der Waals surface area contributed by atoms with E-state index in [0.717, 1.165) is 4.90 Å². The number of urea groups is 1. The Labute approximate surface area is 117 Å². The summed E-state index contributed by atoms with van der Waals surface area (Å²) in [5.74, 6) is -1.97. The number of likely N-dealkylation sites (tertiary alicyclic amines) is 1. The highest BCUT2D eigenvalue weighted by atomic mass is 19.4. The molecule has 2 N–H and O–H groups in total. The van der Waals surface area contributed by atoms with E-state index in [1.807, 2.05) is 0 Å². The number of aromatic nitrogens is 1. The van der Waals surface area contributed by atoms with Gasteiger partial charge in [-0.2, -0.15) is 13.2 Å². The molecule has 2 heterocycles.